The second-order valence-corrected chi connectivity index (χ2v) is 12.0. The highest BCUT2D eigenvalue weighted by Crippen LogP contribution is 2.13. The van der Waals surface area contributed by atoms with Crippen LogP contribution in [0.4, 0.5) is 4.79 Å². The zero-order valence-corrected chi connectivity index (χ0v) is 25.4. The highest BCUT2D eigenvalue weighted by molar-refractivity contribution is 5.67. The molecular weight excluding hydrogens is 444 g/mol. The number of unbranched alkanes of at least 4 members (excludes halogenated alkanes) is 18. The fourth-order valence-electron chi connectivity index (χ4n) is 4.79. The zero-order chi connectivity index (χ0) is 26.7. The molecule has 0 aliphatic carbocycles. The summed E-state index contributed by atoms with van der Waals surface area (Å²) in [4.78, 5) is 14.5. The fourth-order valence-corrected chi connectivity index (χ4v) is 4.79. The van der Waals surface area contributed by atoms with Crippen LogP contribution < -0.4 is 5.32 Å². The first kappa shape index (κ1) is 35.2. The van der Waals surface area contributed by atoms with E-state index in [0.717, 1.165) is 13.0 Å². The van der Waals surface area contributed by atoms with Crippen LogP contribution >= 0.6 is 0 Å². The molecule has 1 N–H and O–H groups in total. The van der Waals surface area contributed by atoms with Gasteiger partial charge in [0, 0.05) is 6.54 Å². The van der Waals surface area contributed by atoms with Gasteiger partial charge in [0.2, 0.25) is 0 Å². The van der Waals surface area contributed by atoms with Gasteiger partial charge in [0.1, 0.15) is 5.60 Å². The summed E-state index contributed by atoms with van der Waals surface area (Å²) in [7, 11) is 0. The van der Waals surface area contributed by atoms with E-state index < -0.39 is 5.60 Å². The first-order valence-corrected chi connectivity index (χ1v) is 16.1. The van der Waals surface area contributed by atoms with Crippen molar-refractivity contribution in [1.82, 2.24) is 10.2 Å². The Labute approximate surface area is 227 Å². The van der Waals surface area contributed by atoms with E-state index in [4.69, 9.17) is 4.74 Å². The largest absolute Gasteiger partial charge is 0.444 e. The van der Waals surface area contributed by atoms with Crippen molar-refractivity contribution in [3.05, 3.63) is 0 Å². The van der Waals surface area contributed by atoms with Crippen LogP contribution in [0, 0.1) is 0 Å². The summed E-state index contributed by atoms with van der Waals surface area (Å²) in [5, 5.41) is 2.92. The van der Waals surface area contributed by atoms with Crippen molar-refractivity contribution in [2.24, 2.45) is 0 Å². The molecule has 4 heteroatoms. The van der Waals surface area contributed by atoms with Crippen molar-refractivity contribution in [2.75, 3.05) is 26.2 Å². The molecule has 0 fully saturated rings. The van der Waals surface area contributed by atoms with E-state index in [-0.39, 0.29) is 6.09 Å². The summed E-state index contributed by atoms with van der Waals surface area (Å²) in [5.41, 5.74) is -0.429. The number of carbonyl (C=O) groups is 1. The topological polar surface area (TPSA) is 41.6 Å². The van der Waals surface area contributed by atoms with E-state index in [1.54, 1.807) is 0 Å². The Bertz CT molecular complexity index is 438. The summed E-state index contributed by atoms with van der Waals surface area (Å²) in [6.45, 7) is 14.5. The minimum absolute atomic E-state index is 0.293. The Hall–Kier alpha value is -0.770. The number of alkyl carbamates (subject to hydrolysis) is 1. The minimum atomic E-state index is -0.429. The third-order valence-electron chi connectivity index (χ3n) is 6.98. The lowest BCUT2D eigenvalue weighted by atomic mass is 10.1. The van der Waals surface area contributed by atoms with Crippen LogP contribution in [0.15, 0.2) is 0 Å². The summed E-state index contributed by atoms with van der Waals surface area (Å²) in [6.07, 6.45) is 28.5. The van der Waals surface area contributed by atoms with E-state index in [2.05, 4.69) is 24.1 Å². The Balaban J connectivity index is 4.02. The highest BCUT2D eigenvalue weighted by Gasteiger charge is 2.15. The molecule has 0 bridgehead atoms. The smallest absolute Gasteiger partial charge is 0.407 e. The maximum absolute atomic E-state index is 11.9. The van der Waals surface area contributed by atoms with Crippen molar-refractivity contribution >= 4 is 6.09 Å². The number of nitrogens with one attached hydrogen (secondary N) is 1. The molecule has 0 aromatic carbocycles. The number of carbonyl (C=O) groups excluding carboxylic acids is 1. The van der Waals surface area contributed by atoms with Gasteiger partial charge >= 0.3 is 6.09 Å². The van der Waals surface area contributed by atoms with Gasteiger partial charge in [-0.25, -0.2) is 4.79 Å². The quantitative estimate of drug-likeness (QED) is 0.118. The Morgan fingerprint density at radius 3 is 1.25 bits per heavy atom. The van der Waals surface area contributed by atoms with Crippen LogP contribution in [0.25, 0.3) is 0 Å². The minimum Gasteiger partial charge on any atom is -0.444 e. The number of rotatable bonds is 26. The van der Waals surface area contributed by atoms with Gasteiger partial charge in [-0.1, -0.05) is 129 Å². The summed E-state index contributed by atoms with van der Waals surface area (Å²) < 4.78 is 5.36. The van der Waals surface area contributed by atoms with E-state index in [1.807, 2.05) is 20.8 Å². The molecule has 0 unspecified atom stereocenters. The normalized spacial score (nSPS) is 11.8. The van der Waals surface area contributed by atoms with Gasteiger partial charge in [-0.3, -0.25) is 0 Å². The fraction of sp³-hybridized carbons (Fsp3) is 0.969. The molecule has 0 saturated carbocycles. The number of ether oxygens (including phenoxy) is 1. The predicted octanol–water partition coefficient (Wildman–Crippen LogP) is 10.0. The maximum atomic E-state index is 11.9. The third kappa shape index (κ3) is 27.8. The lowest BCUT2D eigenvalue weighted by molar-refractivity contribution is 0.0525. The van der Waals surface area contributed by atoms with E-state index in [9.17, 15) is 4.79 Å². The van der Waals surface area contributed by atoms with Gasteiger partial charge in [0.15, 0.2) is 0 Å². The molecule has 0 radical (unpaired) electrons. The number of hydrogen-bond acceptors (Lipinski definition) is 3. The summed E-state index contributed by atoms with van der Waals surface area (Å²) >= 11 is 0. The van der Waals surface area contributed by atoms with Crippen molar-refractivity contribution in [3.63, 3.8) is 0 Å². The molecule has 0 rings (SSSR count). The molecule has 0 atom stereocenters. The van der Waals surface area contributed by atoms with E-state index >= 15 is 0 Å². The van der Waals surface area contributed by atoms with Crippen LogP contribution in [0.2, 0.25) is 0 Å². The number of hydrogen-bond donors (Lipinski definition) is 1. The summed E-state index contributed by atoms with van der Waals surface area (Å²) in [6, 6.07) is 0. The molecule has 0 aromatic heterocycles. The standard InChI is InChI=1S/C32H66N2O2/c1-6-8-10-12-14-16-18-20-22-24-28-34(30-26-27-33-31(35)36-32(3,4)5)29-25-23-21-19-17-15-13-11-9-7-2/h6-30H2,1-5H3,(H,33,35). The molecular formula is C32H66N2O2. The van der Waals surface area contributed by atoms with Crippen LogP contribution in [0.5, 0.6) is 0 Å². The van der Waals surface area contributed by atoms with E-state index in [0.29, 0.717) is 6.54 Å². The molecule has 0 aromatic rings. The van der Waals surface area contributed by atoms with Gasteiger partial charge in [-0.15, -0.1) is 0 Å². The van der Waals surface area contributed by atoms with Crippen molar-refractivity contribution in [2.45, 2.75) is 175 Å². The molecule has 0 heterocycles. The average Bonchev–Trinajstić information content (AvgIpc) is 2.82. The lowest BCUT2D eigenvalue weighted by Gasteiger charge is -2.23. The van der Waals surface area contributed by atoms with E-state index in [1.165, 1.54) is 142 Å². The van der Waals surface area contributed by atoms with Crippen LogP contribution in [-0.4, -0.2) is 42.8 Å². The Kier molecular flexibility index (Phi) is 25.3. The molecule has 216 valence electrons. The van der Waals surface area contributed by atoms with Gasteiger partial charge in [0.05, 0.1) is 0 Å². The lowest BCUT2D eigenvalue weighted by Crippen LogP contribution is -2.35. The molecule has 0 aliphatic rings. The Morgan fingerprint density at radius 1 is 0.556 bits per heavy atom. The number of nitrogens with zero attached hydrogens (tertiary/aromatic N) is 1. The second-order valence-electron chi connectivity index (χ2n) is 12.0. The van der Waals surface area contributed by atoms with Gasteiger partial charge in [-0.2, -0.15) is 0 Å². The zero-order valence-electron chi connectivity index (χ0n) is 25.4. The third-order valence-corrected chi connectivity index (χ3v) is 6.98. The monoisotopic (exact) mass is 511 g/mol. The van der Waals surface area contributed by atoms with Crippen LogP contribution in [0.1, 0.15) is 169 Å². The second kappa shape index (κ2) is 25.9. The Morgan fingerprint density at radius 2 is 0.889 bits per heavy atom. The average molecular weight is 511 g/mol. The highest BCUT2D eigenvalue weighted by atomic mass is 16.6. The molecule has 0 spiro atoms. The first-order chi connectivity index (χ1) is 17.4. The van der Waals surface area contributed by atoms with Gasteiger partial charge in [0.25, 0.3) is 0 Å². The predicted molar refractivity (Wildman–Crippen MR) is 159 cm³/mol. The molecule has 1 amide bonds. The maximum Gasteiger partial charge on any atom is 0.407 e. The molecule has 4 nitrogen and oxygen atoms in total. The van der Waals surface area contributed by atoms with Crippen molar-refractivity contribution in [1.29, 1.82) is 0 Å². The van der Waals surface area contributed by atoms with Crippen molar-refractivity contribution in [3.8, 4) is 0 Å². The first-order valence-electron chi connectivity index (χ1n) is 16.1. The molecule has 0 saturated heterocycles. The number of amides is 1. The van der Waals surface area contributed by atoms with Crippen LogP contribution in [0.3, 0.4) is 0 Å². The molecule has 36 heavy (non-hydrogen) atoms. The van der Waals surface area contributed by atoms with Crippen molar-refractivity contribution < 1.29 is 9.53 Å². The SMILES string of the molecule is CCCCCCCCCCCCN(CCCCCCCCCCCC)CCCNC(=O)OC(C)(C)C. The molecule has 0 aliphatic heterocycles. The van der Waals surface area contributed by atoms with Gasteiger partial charge in [-0.05, 0) is 59.7 Å². The van der Waals surface area contributed by atoms with Crippen LogP contribution in [-0.2, 0) is 4.74 Å². The summed E-state index contributed by atoms with van der Waals surface area (Å²) in [5.74, 6) is 0. The van der Waals surface area contributed by atoms with Gasteiger partial charge < -0.3 is 15.0 Å².